The minimum Gasteiger partial charge on any atom is -0.508 e. The number of nitrogens with one attached hydrogen (secondary N) is 1. The maximum Gasteiger partial charge on any atom is 0.127 e. The molecule has 1 unspecified atom stereocenters. The molecule has 3 heteroatoms. The first-order valence-electron chi connectivity index (χ1n) is 10.4. The highest BCUT2D eigenvalue weighted by molar-refractivity contribution is 5.52. The molecule has 0 aromatic heterocycles. The number of ether oxygens (including phenoxy) is 1. The predicted molar refractivity (Wildman–Crippen MR) is 108 cm³/mol. The van der Waals surface area contributed by atoms with Gasteiger partial charge in [-0.05, 0) is 63.8 Å². The molecule has 0 bridgehead atoms. The van der Waals surface area contributed by atoms with Crippen LogP contribution in [0.4, 0.5) is 0 Å². The molecule has 1 aromatic rings. The summed E-state index contributed by atoms with van der Waals surface area (Å²) in [6.07, 6.45) is 9.04. The molecule has 144 valence electrons. The Morgan fingerprint density at radius 1 is 1.23 bits per heavy atom. The molecule has 1 aromatic carbocycles. The van der Waals surface area contributed by atoms with E-state index in [0.717, 1.165) is 43.7 Å². The third-order valence-corrected chi connectivity index (χ3v) is 6.12. The van der Waals surface area contributed by atoms with Crippen LogP contribution in [0.25, 0.3) is 0 Å². The Kier molecular flexibility index (Phi) is 5.96. The van der Waals surface area contributed by atoms with Gasteiger partial charge in [0.2, 0.25) is 0 Å². The number of likely N-dealkylation sites (N-methyl/N-ethyl adjacent to an activating group) is 1. The van der Waals surface area contributed by atoms with Crippen LogP contribution in [0.15, 0.2) is 23.8 Å². The molecule has 1 aliphatic carbocycles. The Labute approximate surface area is 158 Å². The summed E-state index contributed by atoms with van der Waals surface area (Å²) in [6, 6.07) is 4.17. The Morgan fingerprint density at radius 3 is 2.77 bits per heavy atom. The molecule has 0 radical (unpaired) electrons. The van der Waals surface area contributed by atoms with Gasteiger partial charge in [0.05, 0.1) is 0 Å². The number of hydrogen-bond donors (Lipinski definition) is 2. The van der Waals surface area contributed by atoms with Crippen LogP contribution >= 0.6 is 0 Å². The van der Waals surface area contributed by atoms with E-state index in [1.54, 1.807) is 0 Å². The number of aryl methyl sites for hydroxylation is 1. The van der Waals surface area contributed by atoms with Crippen LogP contribution in [0.5, 0.6) is 11.5 Å². The van der Waals surface area contributed by atoms with Crippen molar-refractivity contribution in [1.29, 1.82) is 0 Å². The number of rotatable bonds is 7. The summed E-state index contributed by atoms with van der Waals surface area (Å²) in [5.74, 6) is 2.10. The molecular weight excluding hydrogens is 322 g/mol. The zero-order chi connectivity index (χ0) is 18.7. The van der Waals surface area contributed by atoms with Crippen molar-refractivity contribution in [3.63, 3.8) is 0 Å². The lowest BCUT2D eigenvalue weighted by atomic mass is 9.67. The van der Waals surface area contributed by atoms with Gasteiger partial charge in [-0.25, -0.2) is 0 Å². The molecule has 0 saturated carbocycles. The minimum absolute atomic E-state index is 0.202. The molecule has 0 spiro atoms. The number of hydrogen-bond acceptors (Lipinski definition) is 3. The van der Waals surface area contributed by atoms with Crippen LogP contribution in [-0.2, 0) is 6.42 Å². The van der Waals surface area contributed by atoms with Gasteiger partial charge >= 0.3 is 0 Å². The Bertz CT molecular complexity index is 662. The predicted octanol–water partition coefficient (Wildman–Crippen LogP) is 5.33. The molecule has 2 atom stereocenters. The summed E-state index contributed by atoms with van der Waals surface area (Å²) in [4.78, 5) is 0. The van der Waals surface area contributed by atoms with Gasteiger partial charge in [0.15, 0.2) is 0 Å². The number of benzene rings is 1. The number of unbranched alkanes of at least 4 members (excludes halogenated alkanes) is 2. The van der Waals surface area contributed by atoms with Crippen molar-refractivity contribution in [3.8, 4) is 11.5 Å². The van der Waals surface area contributed by atoms with Crippen LogP contribution < -0.4 is 10.1 Å². The van der Waals surface area contributed by atoms with Crippen LogP contribution in [0.1, 0.15) is 76.8 Å². The highest BCUT2D eigenvalue weighted by atomic mass is 16.5. The summed E-state index contributed by atoms with van der Waals surface area (Å²) in [5.41, 5.74) is 3.49. The van der Waals surface area contributed by atoms with Gasteiger partial charge < -0.3 is 15.2 Å². The zero-order valence-electron chi connectivity index (χ0n) is 16.9. The smallest absolute Gasteiger partial charge is 0.127 e. The number of phenolic OH excluding ortho intramolecular Hbond substituents is 1. The fourth-order valence-electron chi connectivity index (χ4n) is 4.67. The van der Waals surface area contributed by atoms with E-state index in [1.165, 1.54) is 30.4 Å². The van der Waals surface area contributed by atoms with E-state index in [4.69, 9.17) is 4.74 Å². The summed E-state index contributed by atoms with van der Waals surface area (Å²) >= 11 is 0. The summed E-state index contributed by atoms with van der Waals surface area (Å²) in [7, 11) is 0. The Hall–Kier alpha value is -1.48. The van der Waals surface area contributed by atoms with Crippen LogP contribution in [-0.4, -0.2) is 23.8 Å². The molecule has 26 heavy (non-hydrogen) atoms. The van der Waals surface area contributed by atoms with E-state index in [1.807, 2.05) is 6.07 Å². The van der Waals surface area contributed by atoms with Crippen molar-refractivity contribution in [2.45, 2.75) is 77.7 Å². The van der Waals surface area contributed by atoms with E-state index < -0.39 is 0 Å². The lowest BCUT2D eigenvalue weighted by molar-refractivity contribution is 0.00736. The van der Waals surface area contributed by atoms with E-state index in [2.05, 4.69) is 45.2 Å². The van der Waals surface area contributed by atoms with Gasteiger partial charge in [0, 0.05) is 23.9 Å². The molecule has 1 aliphatic heterocycles. The number of allylic oxidation sites excluding steroid dienone is 1. The normalized spacial score (nSPS) is 23.6. The third-order valence-electron chi connectivity index (χ3n) is 6.12. The van der Waals surface area contributed by atoms with Crippen LogP contribution in [0, 0.1) is 5.92 Å². The summed E-state index contributed by atoms with van der Waals surface area (Å²) in [5, 5.41) is 14.3. The van der Waals surface area contributed by atoms with Crippen LogP contribution in [0.2, 0.25) is 0 Å². The minimum atomic E-state index is -0.202. The molecule has 2 aliphatic rings. The van der Waals surface area contributed by atoms with Crippen molar-refractivity contribution in [2.24, 2.45) is 5.92 Å². The lowest BCUT2D eigenvalue weighted by Crippen LogP contribution is -2.45. The second-order valence-corrected chi connectivity index (χ2v) is 8.48. The molecule has 0 saturated heterocycles. The second-order valence-electron chi connectivity index (χ2n) is 8.48. The average Bonchev–Trinajstić information content (AvgIpc) is 2.59. The third kappa shape index (κ3) is 3.93. The van der Waals surface area contributed by atoms with Crippen molar-refractivity contribution in [2.75, 3.05) is 13.1 Å². The van der Waals surface area contributed by atoms with Gasteiger partial charge in [0.1, 0.15) is 17.1 Å². The van der Waals surface area contributed by atoms with Gasteiger partial charge in [-0.15, -0.1) is 0 Å². The number of phenols is 1. The van der Waals surface area contributed by atoms with Crippen molar-refractivity contribution in [3.05, 3.63) is 34.9 Å². The van der Waals surface area contributed by atoms with E-state index in [0.29, 0.717) is 17.6 Å². The molecule has 0 fully saturated rings. The van der Waals surface area contributed by atoms with Crippen molar-refractivity contribution in [1.82, 2.24) is 5.32 Å². The SMILES string of the molecule is CCCCCc1cc(O)c2c(c1)OC(C)(C)[C@@H]1CC=C(CNCC)CC21. The first-order chi connectivity index (χ1) is 12.5. The van der Waals surface area contributed by atoms with Crippen LogP contribution in [0.3, 0.4) is 0 Å². The zero-order valence-corrected chi connectivity index (χ0v) is 16.9. The number of aromatic hydroxyl groups is 1. The molecule has 3 nitrogen and oxygen atoms in total. The maximum absolute atomic E-state index is 10.9. The fraction of sp³-hybridized carbons (Fsp3) is 0.652. The summed E-state index contributed by atoms with van der Waals surface area (Å²) < 4.78 is 6.43. The molecule has 3 rings (SSSR count). The molecular formula is C23H35NO2. The van der Waals surface area contributed by atoms with Crippen molar-refractivity contribution >= 4 is 0 Å². The molecule has 2 N–H and O–H groups in total. The Morgan fingerprint density at radius 2 is 2.04 bits per heavy atom. The van der Waals surface area contributed by atoms with Gasteiger partial charge in [-0.2, -0.15) is 0 Å². The summed E-state index contributed by atoms with van der Waals surface area (Å²) in [6.45, 7) is 10.7. The maximum atomic E-state index is 10.9. The quantitative estimate of drug-likeness (QED) is 0.512. The largest absolute Gasteiger partial charge is 0.508 e. The highest BCUT2D eigenvalue weighted by Crippen LogP contribution is 2.54. The standard InChI is InChI=1S/C23H35NO2/c1-5-7-8-9-16-13-20(25)22-18-12-17(15-24-6-2)10-11-19(18)23(3,4)26-21(22)14-16/h10,13-14,18-19,24-25H,5-9,11-12,15H2,1-4H3/t18?,19-/m1/s1. The number of fused-ring (bicyclic) bond motifs is 3. The topological polar surface area (TPSA) is 41.5 Å². The van der Waals surface area contributed by atoms with Crippen molar-refractivity contribution < 1.29 is 9.84 Å². The van der Waals surface area contributed by atoms with Gasteiger partial charge in [-0.1, -0.05) is 38.3 Å². The first kappa shape index (κ1) is 19.3. The monoisotopic (exact) mass is 357 g/mol. The second kappa shape index (κ2) is 8.04. The molecule has 1 heterocycles. The highest BCUT2D eigenvalue weighted by Gasteiger charge is 2.45. The first-order valence-corrected chi connectivity index (χ1v) is 10.4. The Balaban J connectivity index is 1.90. The average molecular weight is 358 g/mol. The van der Waals surface area contributed by atoms with E-state index >= 15 is 0 Å². The van der Waals surface area contributed by atoms with E-state index in [9.17, 15) is 5.11 Å². The molecule has 0 amide bonds. The lowest BCUT2D eigenvalue weighted by Gasteiger charge is -2.47. The van der Waals surface area contributed by atoms with Gasteiger partial charge in [-0.3, -0.25) is 0 Å². The van der Waals surface area contributed by atoms with Gasteiger partial charge in [0.25, 0.3) is 0 Å². The van der Waals surface area contributed by atoms with E-state index in [-0.39, 0.29) is 5.60 Å². The fourth-order valence-corrected chi connectivity index (χ4v) is 4.67.